The number of epoxide rings is 1. The maximum atomic E-state index is 15.7. The second-order valence-corrected chi connectivity index (χ2v) is 20.0. The Morgan fingerprint density at radius 2 is 1.90 bits per heavy atom. The Bertz CT molecular complexity index is 2400. The molecule has 3 aliphatic carbocycles. The molecule has 1 spiro atoms. The van der Waals surface area contributed by atoms with Gasteiger partial charge in [0.25, 0.3) is 5.60 Å². The highest BCUT2D eigenvalue weighted by atomic mass is 16.7. The number of anilines is 2. The van der Waals surface area contributed by atoms with Crippen molar-refractivity contribution < 1.29 is 34.1 Å². The minimum atomic E-state index is -2.27. The second-order valence-electron chi connectivity index (χ2n) is 20.0. The summed E-state index contributed by atoms with van der Waals surface area (Å²) in [5.74, 6) is -0.238. The number of allylic oxidation sites excluding steroid dienone is 4. The van der Waals surface area contributed by atoms with E-state index < -0.39 is 41.4 Å². The van der Waals surface area contributed by atoms with Gasteiger partial charge < -0.3 is 41.4 Å². The minimum absolute atomic E-state index is 0.0926. The van der Waals surface area contributed by atoms with Gasteiger partial charge in [-0.2, -0.15) is 0 Å². The number of pyridine rings is 2. The molecule has 1 fully saturated rings. The summed E-state index contributed by atoms with van der Waals surface area (Å²) >= 11 is 0. The summed E-state index contributed by atoms with van der Waals surface area (Å²) in [5.41, 5.74) is 7.30. The van der Waals surface area contributed by atoms with Crippen LogP contribution >= 0.6 is 0 Å². The first-order chi connectivity index (χ1) is 32.4. The van der Waals surface area contributed by atoms with Gasteiger partial charge in [-0.1, -0.05) is 74.8 Å². The number of aliphatic hydroxyl groups excluding tert-OH is 2. The molecule has 358 valence electrons. The number of cyclic esters (lactones) is 1. The van der Waals surface area contributed by atoms with Gasteiger partial charge in [0.05, 0.1) is 13.3 Å². The van der Waals surface area contributed by atoms with E-state index in [1.807, 2.05) is 56.6 Å². The Hall–Kier alpha value is -5.05. The average Bonchev–Trinajstić information content (AvgIpc) is 4.03. The summed E-state index contributed by atoms with van der Waals surface area (Å²) in [6.07, 6.45) is 18.3. The molecule has 0 unspecified atom stereocenters. The fourth-order valence-corrected chi connectivity index (χ4v) is 11.8. The van der Waals surface area contributed by atoms with Gasteiger partial charge in [-0.3, -0.25) is 9.59 Å². The summed E-state index contributed by atoms with van der Waals surface area (Å²) < 4.78 is 13.3. The van der Waals surface area contributed by atoms with Crippen LogP contribution in [-0.2, 0) is 33.5 Å². The predicted octanol–water partition coefficient (Wildman–Crippen LogP) is 7.03. The van der Waals surface area contributed by atoms with Gasteiger partial charge in [-0.15, -0.1) is 0 Å². The van der Waals surface area contributed by atoms with Crippen LogP contribution in [0.25, 0.3) is 0 Å². The lowest BCUT2D eigenvalue weighted by Gasteiger charge is -2.43. The number of nitrogens with one attached hydrogen (secondary N) is 3. The largest absolute Gasteiger partial charge is 0.459 e. The van der Waals surface area contributed by atoms with Gasteiger partial charge in [0.1, 0.15) is 17.7 Å². The molecular weight excluding hydrogens is 845 g/mol. The smallest absolute Gasteiger partial charge is 0.350 e. The molecule has 2 aliphatic heterocycles. The summed E-state index contributed by atoms with van der Waals surface area (Å²) in [6.45, 7) is 6.99. The number of hydrogen-bond acceptors (Lipinski definition) is 13. The molecule has 8 rings (SSSR count). The van der Waals surface area contributed by atoms with Crippen LogP contribution in [0.5, 0.6) is 0 Å². The first-order valence-corrected chi connectivity index (χ1v) is 24.6. The molecule has 1 aromatic carbocycles. The molecule has 0 saturated carbocycles. The summed E-state index contributed by atoms with van der Waals surface area (Å²) in [5, 5.41) is 31.2. The number of Topliss-reactive ketones (excluding diaryl/α,β-unsaturated/α-hetero) is 2. The zero-order chi connectivity index (χ0) is 47.3. The molecule has 67 heavy (non-hydrogen) atoms. The number of ketones is 2. The topological polar surface area (TPSA) is 201 Å². The van der Waals surface area contributed by atoms with Crippen LogP contribution in [-0.4, -0.2) is 94.5 Å². The standard InChI is InChI=1S/C54H70N6O7/c1-5-57-44-26-38-13-8-12-37-11-6-7-22-52(3,28-36-19-20-46(55)59-31-36)29-39-14-9-15-41-48(39)50(64)54(51(65)66-45(16-10-24-61)43(44)27-42(37)38)53(67-54,49(41)63)30-40(32-62)34(2)17-18-35-21-23-58-47(25-35)60-33-56-4/h8-9,13-15,19-21,23,25-26,31,37,42-45,56-57,61-62H,5-7,10-12,16-18,22,24,27-30,32-33H2,1-4H3,(H2,55,59)(H,58,60)/b40-34-/t37-,42-,43-,44-,45+,52+,53-,54-/m0/s1. The fraction of sp³-hybridized carbons (Fsp3) is 0.537. The van der Waals surface area contributed by atoms with Crippen molar-refractivity contribution in [2.45, 2.75) is 128 Å². The number of nitrogens with two attached hydrogens (primary N) is 1. The van der Waals surface area contributed by atoms with Gasteiger partial charge in [0, 0.05) is 48.5 Å². The maximum Gasteiger partial charge on any atom is 0.350 e. The second kappa shape index (κ2) is 20.7. The Balaban J connectivity index is 1.22. The van der Waals surface area contributed by atoms with Crippen molar-refractivity contribution in [3.8, 4) is 0 Å². The van der Waals surface area contributed by atoms with E-state index in [4.69, 9.17) is 15.2 Å². The Labute approximate surface area is 395 Å². The van der Waals surface area contributed by atoms with E-state index in [9.17, 15) is 10.2 Å². The molecule has 4 bridgehead atoms. The van der Waals surface area contributed by atoms with Crippen LogP contribution in [0.4, 0.5) is 11.6 Å². The Morgan fingerprint density at radius 3 is 2.66 bits per heavy atom. The molecule has 13 nitrogen and oxygen atoms in total. The normalized spacial score (nSPS) is 29.6. The van der Waals surface area contributed by atoms with Crippen LogP contribution in [0.2, 0.25) is 0 Å². The number of ether oxygens (including phenoxy) is 2. The highest BCUT2D eigenvalue weighted by molar-refractivity contribution is 6.33. The minimum Gasteiger partial charge on any atom is -0.459 e. The first kappa shape index (κ1) is 48.4. The van der Waals surface area contributed by atoms with Crippen LogP contribution in [0.3, 0.4) is 0 Å². The lowest BCUT2D eigenvalue weighted by Crippen LogP contribution is -2.53. The predicted molar refractivity (Wildman–Crippen MR) is 259 cm³/mol. The van der Waals surface area contributed by atoms with Crippen molar-refractivity contribution in [2.75, 3.05) is 44.5 Å². The molecule has 13 heteroatoms. The molecule has 0 radical (unpaired) electrons. The number of esters is 1. The number of nitrogens with zero attached hydrogens (tertiary/aromatic N) is 2. The van der Waals surface area contributed by atoms with E-state index in [0.717, 1.165) is 61.0 Å². The number of aryl methyl sites for hydroxylation is 1. The number of aromatic nitrogens is 2. The lowest BCUT2D eigenvalue weighted by molar-refractivity contribution is -0.158. The number of rotatable bonds is 16. The highest BCUT2D eigenvalue weighted by Crippen LogP contribution is 2.60. The van der Waals surface area contributed by atoms with Crippen LogP contribution < -0.4 is 21.7 Å². The van der Waals surface area contributed by atoms with E-state index in [2.05, 4.69) is 58.0 Å². The van der Waals surface area contributed by atoms with Crippen molar-refractivity contribution in [1.29, 1.82) is 0 Å². The van der Waals surface area contributed by atoms with Gasteiger partial charge in [-0.25, -0.2) is 14.8 Å². The molecule has 5 aliphatic rings. The van der Waals surface area contributed by atoms with E-state index in [-0.39, 0.29) is 47.4 Å². The van der Waals surface area contributed by atoms with E-state index in [1.54, 1.807) is 12.3 Å². The molecule has 0 amide bonds. The maximum absolute atomic E-state index is 15.7. The van der Waals surface area contributed by atoms with Crippen molar-refractivity contribution >= 4 is 29.2 Å². The number of benzene rings is 1. The van der Waals surface area contributed by atoms with E-state index in [0.29, 0.717) is 74.6 Å². The van der Waals surface area contributed by atoms with Crippen molar-refractivity contribution in [2.24, 2.45) is 23.2 Å². The monoisotopic (exact) mass is 915 g/mol. The van der Waals surface area contributed by atoms with Gasteiger partial charge >= 0.3 is 5.97 Å². The zero-order valence-corrected chi connectivity index (χ0v) is 39.7. The van der Waals surface area contributed by atoms with E-state index >= 15 is 14.4 Å². The average molecular weight is 915 g/mol. The number of hydrogen-bond donors (Lipinski definition) is 6. The van der Waals surface area contributed by atoms with Gasteiger partial charge in [0.2, 0.25) is 5.78 Å². The molecule has 4 heterocycles. The number of carbonyl (C=O) groups is 3. The van der Waals surface area contributed by atoms with Crippen LogP contribution in [0, 0.1) is 23.2 Å². The molecular formula is C54H70N6O7. The summed E-state index contributed by atoms with van der Waals surface area (Å²) in [7, 11) is 1.85. The van der Waals surface area contributed by atoms with Crippen LogP contribution in [0.15, 0.2) is 89.8 Å². The Morgan fingerprint density at radius 1 is 1.04 bits per heavy atom. The van der Waals surface area contributed by atoms with Gasteiger partial charge in [0.15, 0.2) is 11.4 Å². The number of fused-ring (bicyclic) bond motifs is 1. The van der Waals surface area contributed by atoms with E-state index in [1.165, 1.54) is 5.57 Å². The molecule has 7 N–H and O–H groups in total. The quantitative estimate of drug-likeness (QED) is 0.0282. The molecule has 2 aromatic heterocycles. The first-order valence-electron chi connectivity index (χ1n) is 24.6. The molecule has 8 atom stereocenters. The third-order valence-corrected chi connectivity index (χ3v) is 15.4. The van der Waals surface area contributed by atoms with Crippen molar-refractivity contribution in [1.82, 2.24) is 20.6 Å². The number of carbonyl (C=O) groups excluding carboxylic acids is 3. The third kappa shape index (κ3) is 9.81. The van der Waals surface area contributed by atoms with Crippen LogP contribution in [0.1, 0.15) is 122 Å². The zero-order valence-electron chi connectivity index (χ0n) is 39.7. The SMILES string of the molecule is CCN[C@H]1C=C2C=CC[C@@H]3CCCC[C@](C)(Cc4ccc(N)nc4)Cc4cccc5c4C(=O)[C@]4(O[C@@]4(C/C(CO)=C(\C)CCc4ccnc(NCNC)c4)C5=O)C(=O)O[C@H](CCCO)[C@H]1C[C@H]23. The highest BCUT2D eigenvalue weighted by Gasteiger charge is 2.86. The molecule has 3 aromatic rings. The Kier molecular flexibility index (Phi) is 14.9. The van der Waals surface area contributed by atoms with Crippen molar-refractivity contribution in [3.63, 3.8) is 0 Å². The van der Waals surface area contributed by atoms with Gasteiger partial charge in [-0.05, 0) is 148 Å². The third-order valence-electron chi connectivity index (χ3n) is 15.4. The number of likely N-dealkylation sites (N-methyl/N-ethyl adjacent to an activating group) is 1. The molecule has 1 saturated heterocycles. The number of aliphatic hydroxyl groups is 2. The lowest BCUT2D eigenvalue weighted by atomic mass is 9.66. The fourth-order valence-electron chi connectivity index (χ4n) is 11.8. The summed E-state index contributed by atoms with van der Waals surface area (Å²) in [4.78, 5) is 55.4. The van der Waals surface area contributed by atoms with Crippen molar-refractivity contribution in [3.05, 3.63) is 118 Å². The number of nitrogen functional groups attached to an aromatic ring is 1. The summed E-state index contributed by atoms with van der Waals surface area (Å²) in [6, 6.07) is 13.0.